The van der Waals surface area contributed by atoms with Crippen LogP contribution in [0, 0.1) is 16.7 Å². The summed E-state index contributed by atoms with van der Waals surface area (Å²) in [6.45, 7) is 1.27. The van der Waals surface area contributed by atoms with Gasteiger partial charge in [0.1, 0.15) is 10.6 Å². The quantitative estimate of drug-likeness (QED) is 0.101. The van der Waals surface area contributed by atoms with Crippen LogP contribution < -0.4 is 4.74 Å². The second-order valence-electron chi connectivity index (χ2n) is 11.8. The first-order valence-corrected chi connectivity index (χ1v) is 18.3. The Balaban J connectivity index is 1.66. The van der Waals surface area contributed by atoms with Gasteiger partial charge in [-0.1, -0.05) is 72.3 Å². The summed E-state index contributed by atoms with van der Waals surface area (Å²) in [5.41, 5.74) is -4.16. The first-order chi connectivity index (χ1) is 23.5. The Kier molecular flexibility index (Phi) is 11.9. The van der Waals surface area contributed by atoms with Crippen molar-refractivity contribution in [1.82, 2.24) is 4.31 Å². The molecule has 0 aliphatic heterocycles. The van der Waals surface area contributed by atoms with E-state index in [0.29, 0.717) is 11.1 Å². The van der Waals surface area contributed by atoms with Crippen molar-refractivity contribution in [2.24, 2.45) is 5.41 Å². The van der Waals surface area contributed by atoms with Crippen LogP contribution in [0.4, 0.5) is 8.78 Å². The maximum Gasteiger partial charge on any atom is 0.401 e. The van der Waals surface area contributed by atoms with E-state index >= 15 is 8.78 Å². The van der Waals surface area contributed by atoms with Gasteiger partial charge in [-0.3, -0.25) is 9.36 Å². The van der Waals surface area contributed by atoms with Crippen LogP contribution in [0.25, 0.3) is 11.1 Å². The molecular weight excluding hydrogens is 713 g/mol. The van der Waals surface area contributed by atoms with Gasteiger partial charge >= 0.3 is 19.2 Å². The lowest BCUT2D eigenvalue weighted by molar-refractivity contribution is -0.152. The maximum absolute atomic E-state index is 15.5. The summed E-state index contributed by atoms with van der Waals surface area (Å²) in [4.78, 5) is 22.1. The lowest BCUT2D eigenvalue weighted by Gasteiger charge is -2.27. The number of benzene rings is 4. The van der Waals surface area contributed by atoms with Crippen LogP contribution in [0.3, 0.4) is 0 Å². The summed E-state index contributed by atoms with van der Waals surface area (Å²) in [5, 5.41) is 8.64. The summed E-state index contributed by atoms with van der Waals surface area (Å²) >= 11 is 6.25. The Labute approximate surface area is 294 Å². The molecule has 1 unspecified atom stereocenters. The van der Waals surface area contributed by atoms with Crippen molar-refractivity contribution >= 4 is 35.2 Å². The van der Waals surface area contributed by atoms with Crippen LogP contribution in [-0.2, 0) is 47.4 Å². The van der Waals surface area contributed by atoms with Crippen LogP contribution in [0.5, 0.6) is 5.75 Å². The number of esters is 1. The van der Waals surface area contributed by atoms with E-state index in [0.717, 1.165) is 34.7 Å². The van der Waals surface area contributed by atoms with Gasteiger partial charge in [0, 0.05) is 13.1 Å². The van der Waals surface area contributed by atoms with Gasteiger partial charge in [0.25, 0.3) is 0 Å². The number of sulfonamides is 1. The van der Waals surface area contributed by atoms with E-state index in [-0.39, 0.29) is 29.3 Å². The third-order valence-electron chi connectivity index (χ3n) is 7.73. The molecule has 0 aliphatic rings. The molecule has 0 radical (unpaired) electrons. The number of rotatable bonds is 14. The molecule has 4 aromatic rings. The lowest BCUT2D eigenvalue weighted by atomic mass is 9.95. The molecular formula is C35H34ClF2N2O8PS. The summed E-state index contributed by atoms with van der Waals surface area (Å²) in [5.74, 6) is -0.746. The molecule has 1 atom stereocenters. The zero-order chi connectivity index (χ0) is 36.9. The number of carbonyl (C=O) groups excluding carboxylic acids is 1. The third-order valence-corrected chi connectivity index (χ3v) is 11.3. The number of halogens is 3. The molecule has 0 saturated heterocycles. The fourth-order valence-corrected chi connectivity index (χ4v) is 8.01. The van der Waals surface area contributed by atoms with E-state index in [1.807, 2.05) is 6.07 Å². The molecule has 1 N–H and O–H groups in total. The monoisotopic (exact) mass is 746 g/mol. The largest absolute Gasteiger partial charge is 0.495 e. The van der Waals surface area contributed by atoms with E-state index < -0.39 is 51.9 Å². The average molecular weight is 747 g/mol. The summed E-state index contributed by atoms with van der Waals surface area (Å²) < 4.78 is 87.6. The SMILES string of the molecule is COC(=O)C(C)(C)COP(=O)(O)C(F)(F)c1ccc(CN(Cc2ccc(-c3cccc(C#N)c3)cc2)S(=O)(=O)c2ccccc2OC)cc1Cl. The smallest absolute Gasteiger partial charge is 0.401 e. The van der Waals surface area contributed by atoms with Gasteiger partial charge in [0.2, 0.25) is 10.0 Å². The average Bonchev–Trinajstić information content (AvgIpc) is 3.10. The second-order valence-corrected chi connectivity index (χ2v) is 16.0. The van der Waals surface area contributed by atoms with Crippen LogP contribution >= 0.6 is 19.2 Å². The fraction of sp³-hybridized carbons (Fsp3) is 0.257. The van der Waals surface area contributed by atoms with Crippen LogP contribution in [0.2, 0.25) is 5.02 Å². The first-order valence-electron chi connectivity index (χ1n) is 14.9. The second kappa shape index (κ2) is 15.4. The van der Waals surface area contributed by atoms with Gasteiger partial charge in [-0.15, -0.1) is 0 Å². The van der Waals surface area contributed by atoms with Crippen molar-refractivity contribution < 1.29 is 45.4 Å². The van der Waals surface area contributed by atoms with Crippen LogP contribution in [0.15, 0.2) is 95.9 Å². The summed E-state index contributed by atoms with van der Waals surface area (Å²) in [7, 11) is -7.62. The Hall–Kier alpha value is -4.15. The van der Waals surface area contributed by atoms with E-state index in [1.54, 1.807) is 48.5 Å². The molecule has 10 nitrogen and oxygen atoms in total. The molecule has 0 spiro atoms. The lowest BCUT2D eigenvalue weighted by Crippen LogP contribution is -2.31. The summed E-state index contributed by atoms with van der Waals surface area (Å²) in [6, 6.07) is 25.2. The minimum absolute atomic E-state index is 0.0901. The normalized spacial score (nSPS) is 13.4. The van der Waals surface area contributed by atoms with Gasteiger partial charge in [0.15, 0.2) is 0 Å². The van der Waals surface area contributed by atoms with Crippen molar-refractivity contribution in [3.63, 3.8) is 0 Å². The van der Waals surface area contributed by atoms with Crippen molar-refractivity contribution in [2.45, 2.75) is 37.5 Å². The highest BCUT2D eigenvalue weighted by molar-refractivity contribution is 7.89. The fourth-order valence-electron chi connectivity index (χ4n) is 4.89. The van der Waals surface area contributed by atoms with E-state index in [4.69, 9.17) is 20.9 Å². The molecule has 0 aromatic heterocycles. The minimum Gasteiger partial charge on any atom is -0.495 e. The maximum atomic E-state index is 15.5. The molecule has 50 heavy (non-hydrogen) atoms. The number of nitriles is 1. The topological polar surface area (TPSA) is 143 Å². The first kappa shape index (κ1) is 38.6. The molecule has 0 fully saturated rings. The number of nitrogens with zero attached hydrogens (tertiary/aromatic N) is 2. The van der Waals surface area contributed by atoms with Gasteiger partial charge in [-0.05, 0) is 66.4 Å². The number of para-hydroxylation sites is 1. The zero-order valence-corrected chi connectivity index (χ0v) is 29.9. The standard InChI is InChI=1S/C35H34ClF2N2O8PS/c1-34(2,33(41)47-4)23-48-49(42,43)35(37,38)29-17-14-26(19-30(29)36)22-40(50(44,45)32-11-6-5-10-31(32)46-3)21-24-12-15-27(16-13-24)28-9-7-8-25(18-28)20-39/h5-19H,21-23H2,1-4H3,(H,42,43). The highest BCUT2D eigenvalue weighted by atomic mass is 35.5. The number of carbonyl (C=O) groups is 1. The summed E-state index contributed by atoms with van der Waals surface area (Å²) in [6.07, 6.45) is 0. The van der Waals surface area contributed by atoms with Gasteiger partial charge < -0.3 is 18.9 Å². The van der Waals surface area contributed by atoms with E-state index in [2.05, 4.69) is 10.8 Å². The minimum atomic E-state index is -5.75. The van der Waals surface area contributed by atoms with Gasteiger partial charge in [0.05, 0.1) is 48.5 Å². The van der Waals surface area contributed by atoms with Crippen molar-refractivity contribution in [3.8, 4) is 22.9 Å². The van der Waals surface area contributed by atoms with Crippen molar-refractivity contribution in [2.75, 3.05) is 20.8 Å². The number of hydrogen-bond acceptors (Lipinski definition) is 8. The van der Waals surface area contributed by atoms with Gasteiger partial charge in [-0.25, -0.2) is 8.42 Å². The molecule has 4 aromatic carbocycles. The highest BCUT2D eigenvalue weighted by Gasteiger charge is 2.54. The third kappa shape index (κ3) is 8.41. The predicted molar refractivity (Wildman–Crippen MR) is 183 cm³/mol. The molecule has 0 bridgehead atoms. The molecule has 0 heterocycles. The molecule has 15 heteroatoms. The zero-order valence-electron chi connectivity index (χ0n) is 27.5. The number of hydrogen-bond donors (Lipinski definition) is 1. The Morgan fingerprint density at radius 2 is 1.58 bits per heavy atom. The Bertz CT molecular complexity index is 2070. The van der Waals surface area contributed by atoms with E-state index in [1.165, 1.54) is 45.2 Å². The van der Waals surface area contributed by atoms with Crippen molar-refractivity contribution in [1.29, 1.82) is 5.26 Å². The number of ether oxygens (including phenoxy) is 2. The van der Waals surface area contributed by atoms with E-state index in [9.17, 15) is 27.9 Å². The Morgan fingerprint density at radius 1 is 0.940 bits per heavy atom. The molecule has 4 rings (SSSR count). The number of alkyl halides is 2. The van der Waals surface area contributed by atoms with Crippen LogP contribution in [0.1, 0.15) is 36.1 Å². The molecule has 0 amide bonds. The Morgan fingerprint density at radius 3 is 2.20 bits per heavy atom. The molecule has 0 aliphatic carbocycles. The van der Waals surface area contributed by atoms with Crippen LogP contribution in [-0.4, -0.2) is 44.4 Å². The molecule has 264 valence electrons. The highest BCUT2D eigenvalue weighted by Crippen LogP contribution is 2.64. The predicted octanol–water partition coefficient (Wildman–Crippen LogP) is 7.73. The van der Waals surface area contributed by atoms with Crippen molar-refractivity contribution in [3.05, 3.63) is 118 Å². The number of methoxy groups -OCH3 is 2. The molecule has 0 saturated carbocycles. The van der Waals surface area contributed by atoms with Gasteiger partial charge in [-0.2, -0.15) is 18.3 Å².